The number of carbonyl (C=O) groups excluding carboxylic acids is 2. The highest BCUT2D eigenvalue weighted by Gasteiger charge is 2.39. The fraction of sp³-hybridized carbons (Fsp3) is 0.438. The Bertz CT molecular complexity index is 620. The van der Waals surface area contributed by atoms with Gasteiger partial charge in [0.25, 0.3) is 0 Å². The number of alkyl halides is 3. The maximum atomic E-state index is 12.0. The van der Waals surface area contributed by atoms with Gasteiger partial charge < -0.3 is 15.7 Å². The molecular formula is C16H19F3N2O4. The van der Waals surface area contributed by atoms with Gasteiger partial charge in [0.15, 0.2) is 0 Å². The van der Waals surface area contributed by atoms with Crippen LogP contribution in [0.1, 0.15) is 25.3 Å². The molecule has 0 aliphatic heterocycles. The lowest BCUT2D eigenvalue weighted by molar-refractivity contribution is -0.144. The van der Waals surface area contributed by atoms with E-state index in [1.165, 1.54) is 0 Å². The topological polar surface area (TPSA) is 95.5 Å². The largest absolute Gasteiger partial charge is 0.481 e. The monoisotopic (exact) mass is 360 g/mol. The van der Waals surface area contributed by atoms with Gasteiger partial charge in [-0.25, -0.2) is 0 Å². The van der Waals surface area contributed by atoms with Crippen molar-refractivity contribution in [1.82, 2.24) is 10.6 Å². The van der Waals surface area contributed by atoms with Crippen LogP contribution in [0.15, 0.2) is 30.3 Å². The fourth-order valence-electron chi connectivity index (χ4n) is 2.26. The summed E-state index contributed by atoms with van der Waals surface area (Å²) < 4.78 is 36.0. The molecule has 0 heterocycles. The number of carbonyl (C=O) groups is 3. The van der Waals surface area contributed by atoms with Crippen molar-refractivity contribution in [3.8, 4) is 0 Å². The maximum absolute atomic E-state index is 12.0. The van der Waals surface area contributed by atoms with Crippen molar-refractivity contribution in [3.63, 3.8) is 0 Å². The molecular weight excluding hydrogens is 341 g/mol. The zero-order valence-corrected chi connectivity index (χ0v) is 13.5. The van der Waals surface area contributed by atoms with E-state index in [0.29, 0.717) is 5.56 Å². The van der Waals surface area contributed by atoms with Gasteiger partial charge in [-0.1, -0.05) is 37.3 Å². The molecule has 0 aliphatic carbocycles. The number of amides is 2. The van der Waals surface area contributed by atoms with Crippen LogP contribution >= 0.6 is 0 Å². The first-order valence-corrected chi connectivity index (χ1v) is 7.50. The molecule has 0 saturated heterocycles. The predicted octanol–water partition coefficient (Wildman–Crippen LogP) is 1.60. The van der Waals surface area contributed by atoms with Gasteiger partial charge in [0.2, 0.25) is 11.8 Å². The number of hydrogen-bond donors (Lipinski definition) is 3. The lowest BCUT2D eigenvalue weighted by atomic mass is 9.78. The molecule has 0 fully saturated rings. The third-order valence-electron chi connectivity index (χ3n) is 3.73. The molecule has 0 aromatic heterocycles. The van der Waals surface area contributed by atoms with Crippen molar-refractivity contribution in [3.05, 3.63) is 35.9 Å². The van der Waals surface area contributed by atoms with Crippen LogP contribution in [-0.2, 0) is 19.8 Å². The van der Waals surface area contributed by atoms with Gasteiger partial charge in [-0.05, 0) is 12.0 Å². The van der Waals surface area contributed by atoms with Crippen LogP contribution in [0, 0.1) is 0 Å². The Hall–Kier alpha value is -2.58. The number of carboxylic acids is 1. The van der Waals surface area contributed by atoms with E-state index >= 15 is 0 Å². The van der Waals surface area contributed by atoms with Crippen LogP contribution in [0.5, 0.6) is 0 Å². The van der Waals surface area contributed by atoms with Gasteiger partial charge in [-0.15, -0.1) is 0 Å². The molecule has 3 N–H and O–H groups in total. The molecule has 9 heteroatoms. The molecule has 0 aliphatic rings. The molecule has 6 nitrogen and oxygen atoms in total. The zero-order chi connectivity index (χ0) is 19.1. The number of nitrogens with one attached hydrogen (secondary N) is 2. The average molecular weight is 360 g/mol. The van der Waals surface area contributed by atoms with Crippen molar-refractivity contribution in [1.29, 1.82) is 0 Å². The first kappa shape index (κ1) is 20.5. The van der Waals surface area contributed by atoms with E-state index in [1.54, 1.807) is 42.6 Å². The minimum atomic E-state index is -4.57. The van der Waals surface area contributed by atoms with Gasteiger partial charge in [-0.2, -0.15) is 13.2 Å². The summed E-state index contributed by atoms with van der Waals surface area (Å²) in [5.74, 6) is -3.09. The van der Waals surface area contributed by atoms with Crippen molar-refractivity contribution in [2.75, 3.05) is 13.1 Å². The molecule has 1 aromatic carbocycles. The Kier molecular flexibility index (Phi) is 6.96. The highest BCUT2D eigenvalue weighted by molar-refractivity contribution is 5.97. The van der Waals surface area contributed by atoms with E-state index in [4.69, 9.17) is 0 Å². The summed E-state index contributed by atoms with van der Waals surface area (Å²) >= 11 is 0. The summed E-state index contributed by atoms with van der Waals surface area (Å²) in [4.78, 5) is 34.8. The minimum Gasteiger partial charge on any atom is -0.481 e. The Balaban J connectivity index is 2.70. The van der Waals surface area contributed by atoms with E-state index in [0.717, 1.165) is 0 Å². The van der Waals surface area contributed by atoms with Crippen molar-refractivity contribution < 1.29 is 32.7 Å². The molecule has 1 rings (SSSR count). The van der Waals surface area contributed by atoms with Crippen LogP contribution in [-0.4, -0.2) is 42.2 Å². The van der Waals surface area contributed by atoms with Gasteiger partial charge >= 0.3 is 12.1 Å². The normalized spacial score (nSPS) is 13.6. The SMILES string of the molecule is CCC(CNC(=O)CC(=O)NCC(F)(F)F)(C(=O)O)c1ccccc1. The van der Waals surface area contributed by atoms with E-state index in [2.05, 4.69) is 5.32 Å². The molecule has 2 amide bonds. The summed E-state index contributed by atoms with van der Waals surface area (Å²) in [5.41, 5.74) is -0.911. The number of hydrogen-bond acceptors (Lipinski definition) is 3. The van der Waals surface area contributed by atoms with Crippen LogP contribution in [0.4, 0.5) is 13.2 Å². The predicted molar refractivity (Wildman–Crippen MR) is 82.7 cm³/mol. The molecule has 0 saturated carbocycles. The molecule has 0 bridgehead atoms. The average Bonchev–Trinajstić information content (AvgIpc) is 2.54. The molecule has 0 radical (unpaired) electrons. The second kappa shape index (κ2) is 8.50. The minimum absolute atomic E-state index is 0.174. The highest BCUT2D eigenvalue weighted by atomic mass is 19.4. The Morgan fingerprint density at radius 2 is 1.52 bits per heavy atom. The maximum Gasteiger partial charge on any atom is 0.405 e. The second-order valence-electron chi connectivity index (χ2n) is 5.45. The van der Waals surface area contributed by atoms with E-state index in [-0.39, 0.29) is 13.0 Å². The third-order valence-corrected chi connectivity index (χ3v) is 3.73. The van der Waals surface area contributed by atoms with E-state index < -0.39 is 42.3 Å². The number of rotatable bonds is 8. The standard InChI is InChI=1S/C16H19F3N2O4/c1-2-15(14(24)25,11-6-4-3-5-7-11)9-20-12(22)8-13(23)21-10-16(17,18)19/h3-7H,2,8-10H2,1H3,(H,20,22)(H,21,23)(H,24,25). The number of benzene rings is 1. The highest BCUT2D eigenvalue weighted by Crippen LogP contribution is 2.27. The Morgan fingerprint density at radius 3 is 1.96 bits per heavy atom. The van der Waals surface area contributed by atoms with Gasteiger partial charge in [0.1, 0.15) is 18.4 Å². The lowest BCUT2D eigenvalue weighted by Gasteiger charge is -2.29. The number of halogens is 3. The van der Waals surface area contributed by atoms with Gasteiger partial charge in [0, 0.05) is 6.54 Å². The first-order valence-electron chi connectivity index (χ1n) is 7.50. The van der Waals surface area contributed by atoms with E-state index in [9.17, 15) is 32.7 Å². The molecule has 138 valence electrons. The van der Waals surface area contributed by atoms with Crippen molar-refractivity contribution in [2.45, 2.75) is 31.4 Å². The number of carboxylic acid groups (broad SMARTS) is 1. The molecule has 0 spiro atoms. The van der Waals surface area contributed by atoms with Gasteiger partial charge in [-0.3, -0.25) is 14.4 Å². The van der Waals surface area contributed by atoms with Crippen LogP contribution in [0.3, 0.4) is 0 Å². The molecule has 25 heavy (non-hydrogen) atoms. The lowest BCUT2D eigenvalue weighted by Crippen LogP contribution is -2.47. The summed E-state index contributed by atoms with van der Waals surface area (Å²) in [5, 5.41) is 13.5. The van der Waals surface area contributed by atoms with Crippen molar-refractivity contribution in [2.24, 2.45) is 0 Å². The van der Waals surface area contributed by atoms with Crippen LogP contribution in [0.25, 0.3) is 0 Å². The van der Waals surface area contributed by atoms with Crippen LogP contribution in [0.2, 0.25) is 0 Å². The second-order valence-corrected chi connectivity index (χ2v) is 5.45. The Morgan fingerprint density at radius 1 is 1.00 bits per heavy atom. The number of aliphatic carboxylic acids is 1. The summed E-state index contributed by atoms with van der Waals surface area (Å²) in [6.07, 6.45) is -5.21. The zero-order valence-electron chi connectivity index (χ0n) is 13.5. The quantitative estimate of drug-likeness (QED) is 0.614. The molecule has 1 aromatic rings. The first-order chi connectivity index (χ1) is 11.6. The van der Waals surface area contributed by atoms with Gasteiger partial charge in [0.05, 0.1) is 0 Å². The van der Waals surface area contributed by atoms with Crippen molar-refractivity contribution >= 4 is 17.8 Å². The Labute approximate surface area is 142 Å². The van der Waals surface area contributed by atoms with E-state index in [1.807, 2.05) is 0 Å². The summed E-state index contributed by atoms with van der Waals surface area (Å²) in [6, 6.07) is 8.26. The smallest absolute Gasteiger partial charge is 0.405 e. The summed E-state index contributed by atoms with van der Waals surface area (Å²) in [7, 11) is 0. The molecule has 1 unspecified atom stereocenters. The molecule has 1 atom stereocenters. The fourth-order valence-corrected chi connectivity index (χ4v) is 2.26. The summed E-state index contributed by atoms with van der Waals surface area (Å²) in [6.45, 7) is -0.172. The third kappa shape index (κ3) is 6.09. The van der Waals surface area contributed by atoms with Crippen LogP contribution < -0.4 is 10.6 Å².